The molecule has 0 N–H and O–H groups in total. The van der Waals surface area contributed by atoms with Crippen molar-refractivity contribution < 1.29 is 20.1 Å². The van der Waals surface area contributed by atoms with E-state index in [0.29, 0.717) is 0 Å². The molecule has 2 aromatic carbocycles. The van der Waals surface area contributed by atoms with Crippen LogP contribution in [0.1, 0.15) is 100 Å². The van der Waals surface area contributed by atoms with Gasteiger partial charge in [0.25, 0.3) is 0 Å². The summed E-state index contributed by atoms with van der Waals surface area (Å²) < 4.78 is 0. The number of pyridine rings is 2. The van der Waals surface area contributed by atoms with Crippen LogP contribution in [0.2, 0.25) is 0 Å². The molecule has 2 bridgehead atoms. The SMILES string of the molecule is CC1(C)CCC(C)(C)c2cc(-c3ccccn3)[c-]cc21.[Ir].[c-]1cc2c(cc1-c1ccccn1)C1CCC2CC1. The van der Waals surface area contributed by atoms with Gasteiger partial charge in [-0.2, -0.15) is 0 Å². The van der Waals surface area contributed by atoms with Gasteiger partial charge in [0.1, 0.15) is 0 Å². The van der Waals surface area contributed by atoms with Gasteiger partial charge < -0.3 is 9.97 Å². The minimum atomic E-state index is 0. The van der Waals surface area contributed by atoms with Crippen molar-refractivity contribution in [3.8, 4) is 22.5 Å². The molecule has 0 saturated heterocycles. The van der Waals surface area contributed by atoms with Crippen LogP contribution in [0, 0.1) is 12.1 Å². The predicted molar refractivity (Wildman–Crippen MR) is 156 cm³/mol. The number of hydrogen-bond acceptors (Lipinski definition) is 2. The van der Waals surface area contributed by atoms with Gasteiger partial charge in [0, 0.05) is 32.5 Å². The summed E-state index contributed by atoms with van der Waals surface area (Å²) in [4.78, 5) is 8.88. The number of hydrogen-bond donors (Lipinski definition) is 0. The molecule has 4 aliphatic carbocycles. The van der Waals surface area contributed by atoms with Gasteiger partial charge >= 0.3 is 0 Å². The number of nitrogens with zero attached hydrogens (tertiary/aromatic N) is 2. The molecule has 0 spiro atoms. The zero-order valence-electron chi connectivity index (χ0n) is 23.6. The van der Waals surface area contributed by atoms with E-state index in [9.17, 15) is 0 Å². The molecular weight excluding hydrogens is 653 g/mol. The molecule has 0 atom stereocenters. The van der Waals surface area contributed by atoms with Crippen LogP contribution in [0.15, 0.2) is 73.1 Å². The number of benzene rings is 2. The smallest absolute Gasteiger partial charge is 0.0160 e. The van der Waals surface area contributed by atoms with E-state index in [4.69, 9.17) is 0 Å². The number of aromatic nitrogens is 2. The molecule has 1 fully saturated rings. The van der Waals surface area contributed by atoms with Gasteiger partial charge in [0.15, 0.2) is 0 Å². The van der Waals surface area contributed by atoms with Crippen LogP contribution < -0.4 is 0 Å². The van der Waals surface area contributed by atoms with Crippen LogP contribution in [-0.2, 0) is 30.9 Å². The second-order valence-electron chi connectivity index (χ2n) is 12.7. The zero-order valence-corrected chi connectivity index (χ0v) is 25.9. The summed E-state index contributed by atoms with van der Waals surface area (Å²) in [6.07, 6.45) is 11.7. The molecule has 2 aromatic heterocycles. The maximum Gasteiger partial charge on any atom is 0.0160 e. The fourth-order valence-corrected chi connectivity index (χ4v) is 6.79. The van der Waals surface area contributed by atoms with Gasteiger partial charge in [-0.05, 0) is 59.5 Å². The minimum Gasteiger partial charge on any atom is -0.305 e. The quantitative estimate of drug-likeness (QED) is 0.196. The van der Waals surface area contributed by atoms with Crippen molar-refractivity contribution >= 4 is 0 Å². The van der Waals surface area contributed by atoms with Gasteiger partial charge in [-0.3, -0.25) is 0 Å². The van der Waals surface area contributed by atoms with Crippen molar-refractivity contribution in [3.05, 3.63) is 107 Å². The fourth-order valence-electron chi connectivity index (χ4n) is 6.79. The Morgan fingerprint density at radius 3 is 1.72 bits per heavy atom. The fraction of sp³-hybridized carbons (Fsp3) is 0.389. The molecule has 39 heavy (non-hydrogen) atoms. The molecule has 3 heteroatoms. The van der Waals surface area contributed by atoms with E-state index >= 15 is 0 Å². The Kier molecular flexibility index (Phi) is 7.96. The van der Waals surface area contributed by atoms with Crippen LogP contribution in [0.25, 0.3) is 22.5 Å². The van der Waals surface area contributed by atoms with E-state index in [1.165, 1.54) is 49.7 Å². The summed E-state index contributed by atoms with van der Waals surface area (Å²) in [6, 6.07) is 28.1. The van der Waals surface area contributed by atoms with E-state index in [0.717, 1.165) is 34.4 Å². The molecule has 4 aliphatic rings. The van der Waals surface area contributed by atoms with Crippen molar-refractivity contribution in [1.29, 1.82) is 0 Å². The first kappa shape index (κ1) is 27.9. The van der Waals surface area contributed by atoms with Crippen LogP contribution in [-0.4, -0.2) is 9.97 Å². The molecule has 0 aliphatic heterocycles. The Morgan fingerprint density at radius 2 is 1.15 bits per heavy atom. The molecule has 1 saturated carbocycles. The Hall–Kier alpha value is -2.61. The summed E-state index contributed by atoms with van der Waals surface area (Å²) >= 11 is 0. The molecule has 8 rings (SSSR count). The summed E-state index contributed by atoms with van der Waals surface area (Å²) in [7, 11) is 0. The summed E-state index contributed by atoms with van der Waals surface area (Å²) in [5, 5.41) is 0. The van der Waals surface area contributed by atoms with Crippen LogP contribution >= 0.6 is 0 Å². The van der Waals surface area contributed by atoms with E-state index in [-0.39, 0.29) is 30.9 Å². The Labute approximate surface area is 248 Å². The number of fused-ring (bicyclic) bond motifs is 3. The molecule has 0 amide bonds. The third-order valence-corrected chi connectivity index (χ3v) is 9.29. The third-order valence-electron chi connectivity index (χ3n) is 9.29. The summed E-state index contributed by atoms with van der Waals surface area (Å²) in [6.45, 7) is 9.39. The number of rotatable bonds is 2. The van der Waals surface area contributed by atoms with Crippen molar-refractivity contribution in [2.45, 2.75) is 88.9 Å². The van der Waals surface area contributed by atoms with Crippen LogP contribution in [0.5, 0.6) is 0 Å². The second-order valence-corrected chi connectivity index (χ2v) is 12.7. The van der Waals surface area contributed by atoms with Crippen molar-refractivity contribution in [2.24, 2.45) is 0 Å². The molecule has 2 nitrogen and oxygen atoms in total. The minimum absolute atomic E-state index is 0. The first-order valence-electron chi connectivity index (χ1n) is 14.3. The van der Waals surface area contributed by atoms with Crippen LogP contribution in [0.3, 0.4) is 0 Å². The van der Waals surface area contributed by atoms with Gasteiger partial charge in [-0.15, -0.1) is 69.8 Å². The Bertz CT molecular complexity index is 1420. The maximum atomic E-state index is 4.45. The van der Waals surface area contributed by atoms with E-state index in [2.05, 4.69) is 86.2 Å². The van der Waals surface area contributed by atoms with Gasteiger partial charge in [-0.25, -0.2) is 0 Å². The van der Waals surface area contributed by atoms with Crippen molar-refractivity contribution in [1.82, 2.24) is 9.97 Å². The van der Waals surface area contributed by atoms with Gasteiger partial charge in [-0.1, -0.05) is 77.1 Å². The third kappa shape index (κ3) is 5.54. The van der Waals surface area contributed by atoms with Gasteiger partial charge in [0.05, 0.1) is 0 Å². The molecular formula is C36H38IrN2-2. The second kappa shape index (κ2) is 11.1. The summed E-state index contributed by atoms with van der Waals surface area (Å²) in [5.74, 6) is 1.60. The average Bonchev–Trinajstić information content (AvgIpc) is 2.97. The molecule has 203 valence electrons. The Morgan fingerprint density at radius 1 is 0.641 bits per heavy atom. The first-order valence-corrected chi connectivity index (χ1v) is 14.3. The molecule has 1 radical (unpaired) electrons. The van der Waals surface area contributed by atoms with Crippen molar-refractivity contribution in [2.75, 3.05) is 0 Å². The molecule has 0 unspecified atom stereocenters. The predicted octanol–water partition coefficient (Wildman–Crippen LogP) is 9.20. The van der Waals surface area contributed by atoms with Crippen molar-refractivity contribution in [3.63, 3.8) is 0 Å². The standard InChI is InChI=1S/C19H22N.C17H16N.Ir/c1-18(2)10-11-19(3,4)16-13-14(8-9-15(16)18)17-7-5-6-12-20-17;1-2-10-18-17(3-1)14-8-9-15-12-4-6-13(7-5-12)16(15)11-14;/h5-7,9,12-13H,10-11H2,1-4H3;1-3,9-13H,4-7H2;/q2*-1;. The van der Waals surface area contributed by atoms with E-state index in [1.54, 1.807) is 11.1 Å². The largest absolute Gasteiger partial charge is 0.305 e. The van der Waals surface area contributed by atoms with E-state index in [1.807, 2.05) is 36.7 Å². The van der Waals surface area contributed by atoms with Crippen LogP contribution in [0.4, 0.5) is 0 Å². The van der Waals surface area contributed by atoms with E-state index < -0.39 is 0 Å². The molecule has 2 heterocycles. The first-order chi connectivity index (χ1) is 18.3. The monoisotopic (exact) mass is 691 g/mol. The maximum absolute atomic E-state index is 4.45. The summed E-state index contributed by atoms with van der Waals surface area (Å²) in [5.41, 5.74) is 10.9. The topological polar surface area (TPSA) is 25.8 Å². The average molecular weight is 691 g/mol. The Balaban J connectivity index is 0.000000155. The van der Waals surface area contributed by atoms with Gasteiger partial charge in [0.2, 0.25) is 0 Å². The zero-order chi connectivity index (χ0) is 26.3. The normalized spacial score (nSPS) is 21.4. The molecule has 4 aromatic rings.